The number of carbonyl (C=O) groups is 1. The zero-order valence-electron chi connectivity index (χ0n) is 9.79. The second-order valence-corrected chi connectivity index (χ2v) is 4.12. The van der Waals surface area contributed by atoms with E-state index in [1.165, 1.54) is 6.42 Å². The van der Waals surface area contributed by atoms with Crippen molar-refractivity contribution in [2.24, 2.45) is 5.92 Å². The largest absolute Gasteiger partial charge is 0.385 e. The maximum atomic E-state index is 11.3. The maximum absolute atomic E-state index is 11.3. The molecule has 1 heterocycles. The molecule has 1 aliphatic heterocycles. The summed E-state index contributed by atoms with van der Waals surface area (Å²) in [5, 5.41) is 2.83. The molecule has 1 fully saturated rings. The van der Waals surface area contributed by atoms with Gasteiger partial charge in [0.15, 0.2) is 0 Å². The maximum Gasteiger partial charge on any atom is 0.234 e. The summed E-state index contributed by atoms with van der Waals surface area (Å²) in [6.07, 6.45) is 2.31. The Morgan fingerprint density at radius 1 is 1.60 bits per heavy atom. The van der Waals surface area contributed by atoms with Crippen LogP contribution >= 0.6 is 0 Å². The SMILES string of the molecule is CCNC(=O)CN1CC[C@@H](CCOC)C1. The Hall–Kier alpha value is -0.610. The molecule has 1 amide bonds. The van der Waals surface area contributed by atoms with Crippen molar-refractivity contribution in [1.82, 2.24) is 10.2 Å². The van der Waals surface area contributed by atoms with Crippen molar-refractivity contribution >= 4 is 5.91 Å². The monoisotopic (exact) mass is 214 g/mol. The van der Waals surface area contributed by atoms with E-state index in [-0.39, 0.29) is 5.91 Å². The summed E-state index contributed by atoms with van der Waals surface area (Å²) in [7, 11) is 1.74. The Bertz CT molecular complexity index is 197. The highest BCUT2D eigenvalue weighted by Gasteiger charge is 2.23. The lowest BCUT2D eigenvalue weighted by molar-refractivity contribution is -0.121. The van der Waals surface area contributed by atoms with Crippen LogP contribution in [0.2, 0.25) is 0 Å². The van der Waals surface area contributed by atoms with Gasteiger partial charge in [0.2, 0.25) is 5.91 Å². The molecular weight excluding hydrogens is 192 g/mol. The van der Waals surface area contributed by atoms with Gasteiger partial charge in [0.25, 0.3) is 0 Å². The van der Waals surface area contributed by atoms with Crippen LogP contribution in [-0.2, 0) is 9.53 Å². The first-order chi connectivity index (χ1) is 7.26. The number of hydrogen-bond acceptors (Lipinski definition) is 3. The Kier molecular flexibility index (Phi) is 5.65. The molecule has 1 saturated heterocycles. The van der Waals surface area contributed by atoms with Gasteiger partial charge in [0.05, 0.1) is 6.54 Å². The van der Waals surface area contributed by atoms with E-state index >= 15 is 0 Å². The third kappa shape index (κ3) is 4.62. The normalized spacial score (nSPS) is 21.9. The quantitative estimate of drug-likeness (QED) is 0.699. The minimum Gasteiger partial charge on any atom is -0.385 e. The molecule has 1 N–H and O–H groups in total. The number of nitrogens with one attached hydrogen (secondary N) is 1. The van der Waals surface area contributed by atoms with Crippen molar-refractivity contribution in [2.75, 3.05) is 39.9 Å². The lowest BCUT2D eigenvalue weighted by Crippen LogP contribution is -2.35. The molecule has 0 radical (unpaired) electrons. The lowest BCUT2D eigenvalue weighted by Gasteiger charge is -2.15. The Morgan fingerprint density at radius 2 is 2.40 bits per heavy atom. The van der Waals surface area contributed by atoms with Crippen molar-refractivity contribution in [3.8, 4) is 0 Å². The molecule has 0 saturated carbocycles. The molecule has 0 spiro atoms. The van der Waals surface area contributed by atoms with Crippen molar-refractivity contribution in [3.05, 3.63) is 0 Å². The van der Waals surface area contributed by atoms with Crippen molar-refractivity contribution in [1.29, 1.82) is 0 Å². The third-order valence-corrected chi connectivity index (χ3v) is 2.84. The third-order valence-electron chi connectivity index (χ3n) is 2.84. The minimum atomic E-state index is 0.143. The number of rotatable bonds is 6. The summed E-state index contributed by atoms with van der Waals surface area (Å²) < 4.78 is 5.06. The van der Waals surface area contributed by atoms with Crippen LogP contribution in [0.1, 0.15) is 19.8 Å². The number of amides is 1. The number of hydrogen-bond donors (Lipinski definition) is 1. The fourth-order valence-corrected chi connectivity index (χ4v) is 2.03. The molecular formula is C11H22N2O2. The second kappa shape index (κ2) is 6.80. The first-order valence-corrected chi connectivity index (χ1v) is 5.74. The van der Waals surface area contributed by atoms with Crippen molar-refractivity contribution in [2.45, 2.75) is 19.8 Å². The topological polar surface area (TPSA) is 41.6 Å². The van der Waals surface area contributed by atoms with E-state index < -0.39 is 0 Å². The summed E-state index contributed by atoms with van der Waals surface area (Å²) in [5.74, 6) is 0.851. The highest BCUT2D eigenvalue weighted by molar-refractivity contribution is 5.77. The first kappa shape index (κ1) is 12.5. The molecule has 0 aromatic heterocycles. The van der Waals surface area contributed by atoms with E-state index in [2.05, 4.69) is 10.2 Å². The average Bonchev–Trinajstić information content (AvgIpc) is 2.63. The lowest BCUT2D eigenvalue weighted by atomic mass is 10.1. The highest BCUT2D eigenvalue weighted by Crippen LogP contribution is 2.18. The van der Waals surface area contributed by atoms with E-state index in [1.807, 2.05) is 6.92 Å². The number of likely N-dealkylation sites (N-methyl/N-ethyl adjacent to an activating group) is 1. The molecule has 4 heteroatoms. The van der Waals surface area contributed by atoms with E-state index in [4.69, 9.17) is 4.74 Å². The minimum absolute atomic E-state index is 0.143. The van der Waals surface area contributed by atoms with Crippen LogP contribution in [0.4, 0.5) is 0 Å². The van der Waals surface area contributed by atoms with E-state index in [0.29, 0.717) is 12.5 Å². The zero-order valence-corrected chi connectivity index (χ0v) is 9.79. The molecule has 88 valence electrons. The van der Waals surface area contributed by atoms with Crippen LogP contribution in [0.5, 0.6) is 0 Å². The summed E-state index contributed by atoms with van der Waals surface area (Å²) in [6.45, 7) is 6.14. The first-order valence-electron chi connectivity index (χ1n) is 5.74. The summed E-state index contributed by atoms with van der Waals surface area (Å²) in [6, 6.07) is 0. The van der Waals surface area contributed by atoms with Gasteiger partial charge in [0, 0.05) is 26.8 Å². The van der Waals surface area contributed by atoms with E-state index in [1.54, 1.807) is 7.11 Å². The van der Waals surface area contributed by atoms with Gasteiger partial charge >= 0.3 is 0 Å². The van der Waals surface area contributed by atoms with Crippen LogP contribution in [0.15, 0.2) is 0 Å². The molecule has 4 nitrogen and oxygen atoms in total. The number of methoxy groups -OCH3 is 1. The zero-order chi connectivity index (χ0) is 11.1. The van der Waals surface area contributed by atoms with Gasteiger partial charge in [-0.15, -0.1) is 0 Å². The Morgan fingerprint density at radius 3 is 3.07 bits per heavy atom. The van der Waals surface area contributed by atoms with Gasteiger partial charge in [-0.05, 0) is 32.2 Å². The molecule has 0 aromatic carbocycles. The van der Waals surface area contributed by atoms with Crippen molar-refractivity contribution in [3.63, 3.8) is 0 Å². The molecule has 15 heavy (non-hydrogen) atoms. The van der Waals surface area contributed by atoms with Crippen LogP contribution in [0.3, 0.4) is 0 Å². The summed E-state index contributed by atoms with van der Waals surface area (Å²) in [4.78, 5) is 13.6. The Balaban J connectivity index is 2.15. The molecule has 0 unspecified atom stereocenters. The highest BCUT2D eigenvalue weighted by atomic mass is 16.5. The molecule has 1 atom stereocenters. The van der Waals surface area contributed by atoms with Gasteiger partial charge in [-0.1, -0.05) is 0 Å². The van der Waals surface area contributed by atoms with Gasteiger partial charge < -0.3 is 10.1 Å². The smallest absolute Gasteiger partial charge is 0.234 e. The molecule has 0 aromatic rings. The second-order valence-electron chi connectivity index (χ2n) is 4.12. The van der Waals surface area contributed by atoms with Gasteiger partial charge in [-0.25, -0.2) is 0 Å². The average molecular weight is 214 g/mol. The predicted octanol–water partition coefficient (Wildman–Crippen LogP) is 0.481. The number of ether oxygens (including phenoxy) is 1. The van der Waals surface area contributed by atoms with Crippen molar-refractivity contribution < 1.29 is 9.53 Å². The van der Waals surface area contributed by atoms with Gasteiger partial charge in [-0.2, -0.15) is 0 Å². The number of likely N-dealkylation sites (tertiary alicyclic amines) is 1. The van der Waals surface area contributed by atoms with Crippen LogP contribution in [0, 0.1) is 5.92 Å². The van der Waals surface area contributed by atoms with Gasteiger partial charge in [0.1, 0.15) is 0 Å². The van der Waals surface area contributed by atoms with Crippen LogP contribution in [0.25, 0.3) is 0 Å². The molecule has 0 aliphatic carbocycles. The fraction of sp³-hybridized carbons (Fsp3) is 0.909. The molecule has 0 bridgehead atoms. The molecule has 1 rings (SSSR count). The fourth-order valence-electron chi connectivity index (χ4n) is 2.03. The number of nitrogens with zero attached hydrogens (tertiary/aromatic N) is 1. The van der Waals surface area contributed by atoms with E-state index in [9.17, 15) is 4.79 Å². The van der Waals surface area contributed by atoms with E-state index in [0.717, 1.165) is 32.7 Å². The summed E-state index contributed by atoms with van der Waals surface area (Å²) >= 11 is 0. The van der Waals surface area contributed by atoms with Crippen LogP contribution < -0.4 is 5.32 Å². The standard InChI is InChI=1S/C11H22N2O2/c1-3-12-11(14)9-13-6-4-10(8-13)5-7-15-2/h10H,3-9H2,1-2H3,(H,12,14)/t10-/m0/s1. The van der Waals surface area contributed by atoms with Gasteiger partial charge in [-0.3, -0.25) is 9.69 Å². The Labute approximate surface area is 92.0 Å². The van der Waals surface area contributed by atoms with Crippen LogP contribution in [-0.4, -0.2) is 50.7 Å². The predicted molar refractivity (Wildman–Crippen MR) is 59.7 cm³/mol. The number of carbonyl (C=O) groups excluding carboxylic acids is 1. The molecule has 1 aliphatic rings. The summed E-state index contributed by atoms with van der Waals surface area (Å²) in [5.41, 5.74) is 0.